The van der Waals surface area contributed by atoms with Crippen LogP contribution in [0.25, 0.3) is 16.7 Å². The van der Waals surface area contributed by atoms with Crippen molar-refractivity contribution in [1.29, 1.82) is 0 Å². The van der Waals surface area contributed by atoms with E-state index in [9.17, 15) is 14.0 Å². The first-order chi connectivity index (χ1) is 16.1. The smallest absolute Gasteiger partial charge is 0.256 e. The van der Waals surface area contributed by atoms with Gasteiger partial charge in [-0.1, -0.05) is 18.2 Å². The van der Waals surface area contributed by atoms with Crippen molar-refractivity contribution >= 4 is 40.1 Å². The molecule has 4 aromatic rings. The summed E-state index contributed by atoms with van der Waals surface area (Å²) in [6, 6.07) is 13.2. The number of anilines is 2. The van der Waals surface area contributed by atoms with Gasteiger partial charge in [-0.15, -0.1) is 0 Å². The molecule has 33 heavy (non-hydrogen) atoms. The summed E-state index contributed by atoms with van der Waals surface area (Å²) in [5, 5.41) is 6.16. The van der Waals surface area contributed by atoms with Crippen LogP contribution in [0.2, 0.25) is 0 Å². The van der Waals surface area contributed by atoms with E-state index in [1.807, 2.05) is 11.0 Å². The van der Waals surface area contributed by atoms with E-state index < -0.39 is 5.82 Å². The molecule has 0 bridgehead atoms. The topological polar surface area (TPSA) is 91.6 Å². The Balaban J connectivity index is 1.44. The molecule has 9 heteroatoms. The van der Waals surface area contributed by atoms with Gasteiger partial charge in [0.25, 0.3) is 5.91 Å². The monoisotopic (exact) mass is 446 g/mol. The molecule has 2 aromatic heterocycles. The van der Waals surface area contributed by atoms with Crippen molar-refractivity contribution in [3.8, 4) is 0 Å². The van der Waals surface area contributed by atoms with Crippen molar-refractivity contribution in [2.75, 3.05) is 30.3 Å². The van der Waals surface area contributed by atoms with Gasteiger partial charge in [0.05, 0.1) is 17.2 Å². The largest absolute Gasteiger partial charge is 0.367 e. The minimum Gasteiger partial charge on any atom is -0.367 e. The van der Waals surface area contributed by atoms with Gasteiger partial charge < -0.3 is 15.5 Å². The SMILES string of the molecule is O=C(Nc1cnc2c(NCCCN3CCCC3=O)nc3ccc(F)cc3n12)c1ccccc1. The molecule has 0 aliphatic carbocycles. The molecule has 0 radical (unpaired) electrons. The van der Waals surface area contributed by atoms with E-state index in [1.54, 1.807) is 34.7 Å². The number of nitrogens with zero attached hydrogens (tertiary/aromatic N) is 4. The molecule has 1 saturated heterocycles. The van der Waals surface area contributed by atoms with Crippen LogP contribution in [0.15, 0.2) is 54.7 Å². The molecule has 1 aliphatic heterocycles. The second kappa shape index (κ2) is 8.85. The Morgan fingerprint density at radius 2 is 2.00 bits per heavy atom. The summed E-state index contributed by atoms with van der Waals surface area (Å²) < 4.78 is 15.8. The Morgan fingerprint density at radius 1 is 1.15 bits per heavy atom. The van der Waals surface area contributed by atoms with Gasteiger partial charge >= 0.3 is 0 Å². The normalized spacial score (nSPS) is 13.7. The van der Waals surface area contributed by atoms with E-state index in [-0.39, 0.29) is 11.8 Å². The number of amides is 2. The third-order valence-corrected chi connectivity index (χ3v) is 5.73. The Morgan fingerprint density at radius 3 is 2.79 bits per heavy atom. The lowest BCUT2D eigenvalue weighted by Gasteiger charge is -2.16. The number of nitrogens with one attached hydrogen (secondary N) is 2. The molecule has 1 fully saturated rings. The highest BCUT2D eigenvalue weighted by atomic mass is 19.1. The second-order valence-corrected chi connectivity index (χ2v) is 7.98. The maximum Gasteiger partial charge on any atom is 0.256 e. The zero-order chi connectivity index (χ0) is 22.8. The maximum atomic E-state index is 14.1. The van der Waals surface area contributed by atoms with Crippen LogP contribution >= 0.6 is 0 Å². The standard InChI is InChI=1S/C24H23FN6O2/c25-17-9-10-18-19(14-17)31-20(29-24(33)16-6-2-1-3-7-16)15-27-23(31)22(28-18)26-11-5-13-30-12-4-8-21(30)32/h1-3,6-7,9-10,14-15H,4-5,8,11-13H2,(H,26,28)(H,29,33). The van der Waals surface area contributed by atoms with Gasteiger partial charge in [-0.3, -0.25) is 14.0 Å². The zero-order valence-corrected chi connectivity index (χ0v) is 17.9. The fraction of sp³-hybridized carbons (Fsp3) is 0.250. The number of hydrogen-bond acceptors (Lipinski definition) is 5. The summed E-state index contributed by atoms with van der Waals surface area (Å²) in [5.74, 6) is 0.458. The van der Waals surface area contributed by atoms with Crippen LogP contribution in [-0.4, -0.2) is 50.7 Å². The predicted molar refractivity (Wildman–Crippen MR) is 124 cm³/mol. The minimum absolute atomic E-state index is 0.204. The Labute approximate surface area is 189 Å². The van der Waals surface area contributed by atoms with Gasteiger partial charge in [0.1, 0.15) is 11.6 Å². The van der Waals surface area contributed by atoms with Crippen LogP contribution in [0.3, 0.4) is 0 Å². The van der Waals surface area contributed by atoms with Crippen molar-refractivity contribution < 1.29 is 14.0 Å². The van der Waals surface area contributed by atoms with Crippen LogP contribution in [0, 0.1) is 5.82 Å². The summed E-state index contributed by atoms with van der Waals surface area (Å²) >= 11 is 0. The molecule has 0 spiro atoms. The van der Waals surface area contributed by atoms with Crippen LogP contribution < -0.4 is 10.6 Å². The van der Waals surface area contributed by atoms with Crippen molar-refractivity contribution in [2.24, 2.45) is 0 Å². The fourth-order valence-electron chi connectivity index (χ4n) is 4.11. The highest BCUT2D eigenvalue weighted by Crippen LogP contribution is 2.26. The van der Waals surface area contributed by atoms with E-state index in [2.05, 4.69) is 20.6 Å². The van der Waals surface area contributed by atoms with Crippen LogP contribution in [0.1, 0.15) is 29.6 Å². The van der Waals surface area contributed by atoms with Crippen LogP contribution in [0.4, 0.5) is 16.0 Å². The summed E-state index contributed by atoms with van der Waals surface area (Å²) in [4.78, 5) is 35.5. The Kier molecular flexibility index (Phi) is 5.60. The van der Waals surface area contributed by atoms with Crippen molar-refractivity contribution in [3.63, 3.8) is 0 Å². The number of carbonyl (C=O) groups is 2. The van der Waals surface area contributed by atoms with Crippen molar-refractivity contribution in [2.45, 2.75) is 19.3 Å². The van der Waals surface area contributed by atoms with E-state index in [4.69, 9.17) is 0 Å². The van der Waals surface area contributed by atoms with Gasteiger partial charge in [-0.25, -0.2) is 14.4 Å². The van der Waals surface area contributed by atoms with Crippen LogP contribution in [-0.2, 0) is 4.79 Å². The summed E-state index contributed by atoms with van der Waals surface area (Å²) in [7, 11) is 0. The first kappa shape index (κ1) is 20.9. The van der Waals surface area contributed by atoms with Crippen molar-refractivity contribution in [1.82, 2.24) is 19.3 Å². The molecule has 2 N–H and O–H groups in total. The molecule has 3 heterocycles. The number of rotatable bonds is 7. The van der Waals surface area contributed by atoms with Crippen molar-refractivity contribution in [3.05, 3.63) is 66.1 Å². The molecule has 2 amide bonds. The summed E-state index contributed by atoms with van der Waals surface area (Å²) in [5.41, 5.74) is 2.05. The molecule has 8 nitrogen and oxygen atoms in total. The summed E-state index contributed by atoms with van der Waals surface area (Å²) in [6.45, 7) is 2.10. The lowest BCUT2D eigenvalue weighted by molar-refractivity contribution is -0.127. The van der Waals surface area contributed by atoms with E-state index in [0.717, 1.165) is 19.4 Å². The molecule has 168 valence electrons. The van der Waals surface area contributed by atoms with Crippen LogP contribution in [0.5, 0.6) is 0 Å². The van der Waals surface area contributed by atoms with E-state index in [1.165, 1.54) is 18.3 Å². The van der Waals surface area contributed by atoms with Gasteiger partial charge in [0.15, 0.2) is 11.5 Å². The number of halogens is 1. The molecule has 2 aromatic carbocycles. The highest BCUT2D eigenvalue weighted by Gasteiger charge is 2.20. The lowest BCUT2D eigenvalue weighted by atomic mass is 10.2. The molecule has 0 saturated carbocycles. The van der Waals surface area contributed by atoms with Gasteiger partial charge in [0, 0.05) is 37.7 Å². The van der Waals surface area contributed by atoms with Gasteiger partial charge in [0.2, 0.25) is 5.91 Å². The first-order valence-corrected chi connectivity index (χ1v) is 10.9. The number of aromatic nitrogens is 3. The van der Waals surface area contributed by atoms with Gasteiger partial charge in [-0.05, 0) is 37.1 Å². The average Bonchev–Trinajstić information content (AvgIpc) is 3.44. The number of benzene rings is 2. The molecular formula is C24H23FN6O2. The number of carbonyl (C=O) groups excluding carboxylic acids is 2. The second-order valence-electron chi connectivity index (χ2n) is 7.98. The fourth-order valence-corrected chi connectivity index (χ4v) is 4.11. The molecular weight excluding hydrogens is 423 g/mol. The number of likely N-dealkylation sites (tertiary alicyclic amines) is 1. The minimum atomic E-state index is -0.407. The zero-order valence-electron chi connectivity index (χ0n) is 17.9. The maximum absolute atomic E-state index is 14.1. The Hall–Kier alpha value is -4.01. The average molecular weight is 446 g/mol. The molecule has 1 aliphatic rings. The molecule has 0 atom stereocenters. The highest BCUT2D eigenvalue weighted by molar-refractivity contribution is 6.04. The quantitative estimate of drug-likeness (QED) is 0.423. The van der Waals surface area contributed by atoms with Gasteiger partial charge in [-0.2, -0.15) is 0 Å². The Bertz CT molecular complexity index is 1340. The lowest BCUT2D eigenvalue weighted by Crippen LogP contribution is -2.27. The van der Waals surface area contributed by atoms with E-state index in [0.29, 0.717) is 53.4 Å². The molecule has 5 rings (SSSR count). The number of fused-ring (bicyclic) bond motifs is 3. The summed E-state index contributed by atoms with van der Waals surface area (Å²) in [6.07, 6.45) is 3.85. The number of hydrogen-bond donors (Lipinski definition) is 2. The van der Waals surface area contributed by atoms with E-state index >= 15 is 0 Å². The first-order valence-electron chi connectivity index (χ1n) is 10.9. The predicted octanol–water partition coefficient (Wildman–Crippen LogP) is 3.70. The molecule has 0 unspecified atom stereocenters. The number of imidazole rings is 1. The third-order valence-electron chi connectivity index (χ3n) is 5.73. The third kappa shape index (κ3) is 4.21.